The summed E-state index contributed by atoms with van der Waals surface area (Å²) in [6.45, 7) is 3.75. The predicted octanol–water partition coefficient (Wildman–Crippen LogP) is 1.74. The van der Waals surface area contributed by atoms with Gasteiger partial charge in [0.25, 0.3) is 5.78 Å². The van der Waals surface area contributed by atoms with Gasteiger partial charge in [0.15, 0.2) is 0 Å². The Bertz CT molecular complexity index is 997. The number of nitrogens with zero attached hydrogens (tertiary/aromatic N) is 4. The van der Waals surface area contributed by atoms with Crippen LogP contribution in [0.1, 0.15) is 27.3 Å². The van der Waals surface area contributed by atoms with E-state index in [2.05, 4.69) is 20.4 Å². The number of nitrogens with two attached hydrogens (primary N) is 1. The average molecular weight is 370 g/mol. The molecule has 0 aliphatic carbocycles. The highest BCUT2D eigenvalue weighted by Gasteiger charge is 2.16. The summed E-state index contributed by atoms with van der Waals surface area (Å²) in [5.74, 6) is -0.170. The van der Waals surface area contributed by atoms with Crippen LogP contribution < -0.4 is 11.1 Å². The number of hydrogen-bond donors (Lipinski definition) is 2. The summed E-state index contributed by atoms with van der Waals surface area (Å²) in [5, 5.41) is 7.82. The van der Waals surface area contributed by atoms with Crippen LogP contribution in [0.15, 0.2) is 29.4 Å². The lowest BCUT2D eigenvalue weighted by Crippen LogP contribution is -2.18. The molecule has 0 radical (unpaired) electrons. The van der Waals surface area contributed by atoms with E-state index in [1.807, 2.05) is 20.1 Å². The summed E-state index contributed by atoms with van der Waals surface area (Å²) in [7, 11) is 0. The van der Waals surface area contributed by atoms with E-state index < -0.39 is 5.91 Å². The Labute approximate surface area is 154 Å². The van der Waals surface area contributed by atoms with Crippen molar-refractivity contribution in [2.75, 3.05) is 11.6 Å². The first kappa shape index (κ1) is 17.9. The van der Waals surface area contributed by atoms with Gasteiger partial charge in [-0.2, -0.15) is 4.98 Å². The van der Waals surface area contributed by atoms with Gasteiger partial charge in [-0.1, -0.05) is 11.8 Å². The number of nitrogens with one attached hydrogen (secondary N) is 1. The second kappa shape index (κ2) is 7.12. The third-order valence-electron chi connectivity index (χ3n) is 4.00. The molecule has 0 atom stereocenters. The first-order chi connectivity index (χ1) is 12.4. The van der Waals surface area contributed by atoms with Crippen LogP contribution in [-0.2, 0) is 11.2 Å². The van der Waals surface area contributed by atoms with Crippen molar-refractivity contribution in [3.05, 3.63) is 46.8 Å². The van der Waals surface area contributed by atoms with Crippen molar-refractivity contribution < 1.29 is 9.59 Å². The number of rotatable bonds is 5. The Balaban J connectivity index is 1.81. The lowest BCUT2D eigenvalue weighted by Gasteiger charge is -2.11. The molecule has 0 aliphatic rings. The Morgan fingerprint density at radius 2 is 1.88 bits per heavy atom. The second-order valence-corrected chi connectivity index (χ2v) is 6.51. The fraction of sp³-hybridized carbons (Fsp3) is 0.235. The smallest absolute Gasteiger partial charge is 0.253 e. The fourth-order valence-electron chi connectivity index (χ4n) is 2.62. The molecule has 3 rings (SSSR count). The number of hydrogen-bond acceptors (Lipinski definition) is 6. The van der Waals surface area contributed by atoms with E-state index in [-0.39, 0.29) is 12.3 Å². The molecule has 134 valence electrons. The minimum Gasteiger partial charge on any atom is -0.366 e. The molecule has 26 heavy (non-hydrogen) atoms. The minimum absolute atomic E-state index is 0.159. The number of fused-ring (bicyclic) bond motifs is 1. The highest BCUT2D eigenvalue weighted by atomic mass is 32.2. The van der Waals surface area contributed by atoms with Gasteiger partial charge in [-0.15, -0.1) is 5.10 Å². The molecule has 2 aromatic heterocycles. The van der Waals surface area contributed by atoms with E-state index in [1.54, 1.807) is 28.8 Å². The highest BCUT2D eigenvalue weighted by molar-refractivity contribution is 7.98. The topological polar surface area (TPSA) is 115 Å². The predicted molar refractivity (Wildman–Crippen MR) is 99.3 cm³/mol. The standard InChI is InChI=1S/C17H18N6O2S/c1-9-13(10(2)23-16(19-9)21-17(22-23)26-3)8-14(24)20-12-6-4-11(5-7-12)15(18)25/h4-7H,8H2,1-3H3,(H2,18,25)(H,20,24). The molecule has 2 amide bonds. The Hall–Kier alpha value is -2.94. The van der Waals surface area contributed by atoms with Crippen LogP contribution in [0.5, 0.6) is 0 Å². The number of primary amides is 1. The lowest BCUT2D eigenvalue weighted by atomic mass is 10.1. The minimum atomic E-state index is -0.508. The summed E-state index contributed by atoms with van der Waals surface area (Å²) in [4.78, 5) is 32.3. The number of benzene rings is 1. The van der Waals surface area contributed by atoms with E-state index in [9.17, 15) is 9.59 Å². The second-order valence-electron chi connectivity index (χ2n) is 5.74. The van der Waals surface area contributed by atoms with Crippen molar-refractivity contribution in [2.24, 2.45) is 5.73 Å². The van der Waals surface area contributed by atoms with Gasteiger partial charge >= 0.3 is 0 Å². The first-order valence-electron chi connectivity index (χ1n) is 7.85. The van der Waals surface area contributed by atoms with E-state index in [4.69, 9.17) is 5.73 Å². The zero-order valence-corrected chi connectivity index (χ0v) is 15.4. The Kier molecular flexibility index (Phi) is 4.90. The molecule has 0 bridgehead atoms. The van der Waals surface area contributed by atoms with Gasteiger partial charge in [-0.05, 0) is 44.4 Å². The van der Waals surface area contributed by atoms with Crippen LogP contribution in [0.3, 0.4) is 0 Å². The van der Waals surface area contributed by atoms with Crippen molar-refractivity contribution in [3.63, 3.8) is 0 Å². The molecule has 1 aromatic carbocycles. The van der Waals surface area contributed by atoms with Crippen molar-refractivity contribution in [1.82, 2.24) is 19.6 Å². The van der Waals surface area contributed by atoms with Crippen LogP contribution in [0, 0.1) is 13.8 Å². The molecular weight excluding hydrogens is 352 g/mol. The van der Waals surface area contributed by atoms with Crippen molar-refractivity contribution in [1.29, 1.82) is 0 Å². The highest BCUT2D eigenvalue weighted by Crippen LogP contribution is 2.18. The molecule has 0 fully saturated rings. The molecule has 2 heterocycles. The van der Waals surface area contributed by atoms with Crippen LogP contribution in [-0.4, -0.2) is 37.7 Å². The number of carbonyl (C=O) groups excluding carboxylic acids is 2. The quantitative estimate of drug-likeness (QED) is 0.661. The van der Waals surface area contributed by atoms with Crippen molar-refractivity contribution in [3.8, 4) is 0 Å². The maximum atomic E-state index is 12.4. The molecule has 0 aliphatic heterocycles. The number of amides is 2. The maximum Gasteiger partial charge on any atom is 0.253 e. The monoisotopic (exact) mass is 370 g/mol. The zero-order chi connectivity index (χ0) is 18.8. The summed E-state index contributed by atoms with van der Waals surface area (Å²) in [6.07, 6.45) is 2.06. The molecule has 8 nitrogen and oxygen atoms in total. The van der Waals surface area contributed by atoms with Crippen LogP contribution in [0.25, 0.3) is 5.78 Å². The van der Waals surface area contributed by atoms with E-state index in [0.717, 1.165) is 17.0 Å². The zero-order valence-electron chi connectivity index (χ0n) is 14.6. The molecule has 0 unspecified atom stereocenters. The van der Waals surface area contributed by atoms with E-state index in [1.165, 1.54) is 11.8 Å². The number of thioether (sulfide) groups is 1. The number of carbonyl (C=O) groups is 2. The van der Waals surface area contributed by atoms with Crippen LogP contribution >= 0.6 is 11.8 Å². The summed E-state index contributed by atoms with van der Waals surface area (Å²) < 4.78 is 1.66. The van der Waals surface area contributed by atoms with Gasteiger partial charge in [-0.3, -0.25) is 9.59 Å². The van der Waals surface area contributed by atoms with Crippen LogP contribution in [0.2, 0.25) is 0 Å². The molecule has 0 saturated carbocycles. The van der Waals surface area contributed by atoms with Crippen LogP contribution in [0.4, 0.5) is 5.69 Å². The first-order valence-corrected chi connectivity index (χ1v) is 9.08. The Morgan fingerprint density at radius 3 is 2.50 bits per heavy atom. The molecule has 3 N–H and O–H groups in total. The SMILES string of the molecule is CSc1nc2nc(C)c(CC(=O)Nc3ccc(C(N)=O)cc3)c(C)n2n1. The lowest BCUT2D eigenvalue weighted by molar-refractivity contribution is -0.115. The normalized spacial score (nSPS) is 10.9. The van der Waals surface area contributed by atoms with Crippen molar-refractivity contribution in [2.45, 2.75) is 25.4 Å². The number of aryl methyl sites for hydroxylation is 2. The maximum absolute atomic E-state index is 12.4. The number of aromatic nitrogens is 4. The summed E-state index contributed by atoms with van der Waals surface area (Å²) >= 11 is 1.44. The third-order valence-corrected chi connectivity index (χ3v) is 4.54. The fourth-order valence-corrected chi connectivity index (χ4v) is 2.95. The third kappa shape index (κ3) is 3.52. The summed E-state index contributed by atoms with van der Waals surface area (Å²) in [5.41, 5.74) is 8.58. The van der Waals surface area contributed by atoms with E-state index >= 15 is 0 Å². The average Bonchev–Trinajstić information content (AvgIpc) is 3.02. The largest absolute Gasteiger partial charge is 0.366 e. The molecule has 3 aromatic rings. The molecule has 0 spiro atoms. The summed E-state index contributed by atoms with van der Waals surface area (Å²) in [6, 6.07) is 6.42. The van der Waals surface area contributed by atoms with E-state index in [0.29, 0.717) is 22.2 Å². The molecular formula is C17H18N6O2S. The molecule has 9 heteroatoms. The number of anilines is 1. The van der Waals surface area contributed by atoms with Gasteiger partial charge < -0.3 is 11.1 Å². The van der Waals surface area contributed by atoms with Gasteiger partial charge in [0.05, 0.1) is 6.42 Å². The van der Waals surface area contributed by atoms with Gasteiger partial charge in [0.2, 0.25) is 17.0 Å². The van der Waals surface area contributed by atoms with Crippen molar-refractivity contribution >= 4 is 35.0 Å². The van der Waals surface area contributed by atoms with Gasteiger partial charge in [0, 0.05) is 28.2 Å². The molecule has 0 saturated heterocycles. The Morgan fingerprint density at radius 1 is 1.19 bits per heavy atom. The van der Waals surface area contributed by atoms with Gasteiger partial charge in [-0.25, -0.2) is 9.50 Å². The van der Waals surface area contributed by atoms with Gasteiger partial charge in [0.1, 0.15) is 0 Å².